The zero-order chi connectivity index (χ0) is 15.4. The molecule has 0 saturated carbocycles. The van der Waals surface area contributed by atoms with Crippen molar-refractivity contribution in [3.05, 3.63) is 56.3 Å². The number of thiophene rings is 1. The van der Waals surface area contributed by atoms with E-state index in [0.29, 0.717) is 4.88 Å². The molecule has 0 fully saturated rings. The zero-order valence-corrected chi connectivity index (χ0v) is 11.3. The molecule has 0 spiro atoms. The van der Waals surface area contributed by atoms with Gasteiger partial charge in [-0.1, -0.05) is 6.07 Å². The van der Waals surface area contributed by atoms with Gasteiger partial charge < -0.3 is 10.4 Å². The maximum Gasteiger partial charge on any atom is 0.331 e. The first kappa shape index (κ1) is 14.5. The van der Waals surface area contributed by atoms with Crippen LogP contribution in [0.25, 0.3) is 0 Å². The standard InChI is InChI=1S/C13H9N3O4S/c14-7-8-3-4-9(6-10(8)16(19)20)15-12(13(17)18)11-2-1-5-21-11/h1-6,12,15H,(H,17,18). The van der Waals surface area contributed by atoms with E-state index < -0.39 is 16.9 Å². The van der Waals surface area contributed by atoms with Gasteiger partial charge in [-0.15, -0.1) is 11.3 Å². The second kappa shape index (κ2) is 6.02. The fraction of sp³-hybridized carbons (Fsp3) is 0.0769. The predicted molar refractivity (Wildman–Crippen MR) is 76.1 cm³/mol. The van der Waals surface area contributed by atoms with Crippen LogP contribution in [0.1, 0.15) is 16.5 Å². The van der Waals surface area contributed by atoms with Gasteiger partial charge in [-0.05, 0) is 23.6 Å². The molecule has 0 saturated heterocycles. The highest BCUT2D eigenvalue weighted by molar-refractivity contribution is 7.10. The molecule has 1 aromatic carbocycles. The largest absolute Gasteiger partial charge is 0.479 e. The first-order valence-electron chi connectivity index (χ1n) is 5.74. The van der Waals surface area contributed by atoms with Crippen molar-refractivity contribution < 1.29 is 14.8 Å². The number of nitrogens with zero attached hydrogens (tertiary/aromatic N) is 2. The Morgan fingerprint density at radius 2 is 2.24 bits per heavy atom. The van der Waals surface area contributed by atoms with Gasteiger partial charge in [0.2, 0.25) is 0 Å². The maximum atomic E-state index is 11.3. The van der Waals surface area contributed by atoms with Gasteiger partial charge >= 0.3 is 5.97 Å². The van der Waals surface area contributed by atoms with Crippen molar-refractivity contribution in [3.8, 4) is 6.07 Å². The van der Waals surface area contributed by atoms with E-state index in [4.69, 9.17) is 5.26 Å². The molecule has 8 heteroatoms. The van der Waals surface area contributed by atoms with Crippen LogP contribution in [-0.4, -0.2) is 16.0 Å². The lowest BCUT2D eigenvalue weighted by Crippen LogP contribution is -2.19. The quantitative estimate of drug-likeness (QED) is 0.648. The molecule has 0 amide bonds. The normalized spacial score (nSPS) is 11.4. The van der Waals surface area contributed by atoms with Gasteiger partial charge in [0.15, 0.2) is 6.04 Å². The number of carbonyl (C=O) groups is 1. The second-order valence-electron chi connectivity index (χ2n) is 4.03. The van der Waals surface area contributed by atoms with E-state index in [9.17, 15) is 20.0 Å². The van der Waals surface area contributed by atoms with Crippen LogP contribution in [0, 0.1) is 21.4 Å². The van der Waals surface area contributed by atoms with Crippen molar-refractivity contribution in [3.63, 3.8) is 0 Å². The molecule has 1 atom stereocenters. The van der Waals surface area contributed by atoms with Crippen molar-refractivity contribution in [1.82, 2.24) is 0 Å². The van der Waals surface area contributed by atoms with E-state index in [1.807, 2.05) is 0 Å². The number of benzene rings is 1. The molecule has 106 valence electrons. The molecular formula is C13H9N3O4S. The fourth-order valence-electron chi connectivity index (χ4n) is 1.74. The van der Waals surface area contributed by atoms with E-state index in [2.05, 4.69) is 5.32 Å². The molecule has 0 radical (unpaired) electrons. The van der Waals surface area contributed by atoms with E-state index in [1.54, 1.807) is 23.6 Å². The zero-order valence-electron chi connectivity index (χ0n) is 10.5. The van der Waals surface area contributed by atoms with Crippen LogP contribution in [0.3, 0.4) is 0 Å². The fourth-order valence-corrected chi connectivity index (χ4v) is 2.51. The molecule has 2 rings (SSSR count). The lowest BCUT2D eigenvalue weighted by Gasteiger charge is -2.14. The summed E-state index contributed by atoms with van der Waals surface area (Å²) in [7, 11) is 0. The molecule has 0 aliphatic carbocycles. The minimum atomic E-state index is -1.09. The number of rotatable bonds is 5. The highest BCUT2D eigenvalue weighted by atomic mass is 32.1. The third-order valence-electron chi connectivity index (χ3n) is 2.70. The van der Waals surface area contributed by atoms with Gasteiger partial charge in [0.1, 0.15) is 11.6 Å². The number of anilines is 1. The number of nitrogens with one attached hydrogen (secondary N) is 1. The number of nitro benzene ring substituents is 1. The first-order chi connectivity index (χ1) is 10.0. The summed E-state index contributed by atoms with van der Waals surface area (Å²) in [5.74, 6) is -1.09. The van der Waals surface area contributed by atoms with Crippen molar-refractivity contribution in [2.75, 3.05) is 5.32 Å². The Labute approximate surface area is 123 Å². The van der Waals surface area contributed by atoms with Crippen LogP contribution in [-0.2, 0) is 4.79 Å². The van der Waals surface area contributed by atoms with Gasteiger partial charge in [0.25, 0.3) is 5.69 Å². The molecule has 1 heterocycles. The Kier molecular flexibility index (Phi) is 4.15. The summed E-state index contributed by atoms with van der Waals surface area (Å²) >= 11 is 1.27. The van der Waals surface area contributed by atoms with Crippen LogP contribution >= 0.6 is 11.3 Å². The van der Waals surface area contributed by atoms with Gasteiger partial charge in [-0.25, -0.2) is 4.79 Å². The Bertz CT molecular complexity index is 722. The number of nitriles is 1. The van der Waals surface area contributed by atoms with Crippen LogP contribution < -0.4 is 5.32 Å². The van der Waals surface area contributed by atoms with Crippen molar-refractivity contribution in [2.45, 2.75) is 6.04 Å². The van der Waals surface area contributed by atoms with Gasteiger partial charge in [0.05, 0.1) is 4.92 Å². The van der Waals surface area contributed by atoms with Crippen LogP contribution in [0.2, 0.25) is 0 Å². The maximum absolute atomic E-state index is 11.3. The molecule has 2 aromatic rings. The Morgan fingerprint density at radius 3 is 2.76 bits per heavy atom. The summed E-state index contributed by atoms with van der Waals surface area (Å²) in [5, 5.41) is 33.4. The number of carboxylic acids is 1. The minimum Gasteiger partial charge on any atom is -0.479 e. The molecule has 0 aliphatic rings. The van der Waals surface area contributed by atoms with E-state index in [0.717, 1.165) is 6.07 Å². The van der Waals surface area contributed by atoms with Crippen LogP contribution in [0.5, 0.6) is 0 Å². The topological polar surface area (TPSA) is 116 Å². The minimum absolute atomic E-state index is 0.0754. The number of hydrogen-bond donors (Lipinski definition) is 2. The first-order valence-corrected chi connectivity index (χ1v) is 6.62. The smallest absolute Gasteiger partial charge is 0.331 e. The molecule has 2 N–H and O–H groups in total. The molecule has 7 nitrogen and oxygen atoms in total. The number of hydrogen-bond acceptors (Lipinski definition) is 6. The summed E-state index contributed by atoms with van der Waals surface area (Å²) in [6.45, 7) is 0. The summed E-state index contributed by atoms with van der Waals surface area (Å²) in [4.78, 5) is 22.1. The average Bonchev–Trinajstić information content (AvgIpc) is 2.97. The van der Waals surface area contributed by atoms with Crippen molar-refractivity contribution in [2.24, 2.45) is 0 Å². The summed E-state index contributed by atoms with van der Waals surface area (Å²) in [6, 6.07) is 7.98. The highest BCUT2D eigenvalue weighted by Gasteiger charge is 2.22. The molecule has 0 aliphatic heterocycles. The van der Waals surface area contributed by atoms with E-state index in [-0.39, 0.29) is 16.9 Å². The van der Waals surface area contributed by atoms with Gasteiger partial charge in [0, 0.05) is 16.6 Å². The molecule has 1 aromatic heterocycles. The van der Waals surface area contributed by atoms with E-state index >= 15 is 0 Å². The number of nitro groups is 1. The summed E-state index contributed by atoms with van der Waals surface area (Å²) in [6.07, 6.45) is 0. The molecular weight excluding hydrogens is 294 g/mol. The Morgan fingerprint density at radius 1 is 1.48 bits per heavy atom. The lowest BCUT2D eigenvalue weighted by atomic mass is 10.1. The summed E-state index contributed by atoms with van der Waals surface area (Å²) < 4.78 is 0. The number of aliphatic carboxylic acids is 1. The Hall–Kier alpha value is -2.92. The van der Waals surface area contributed by atoms with Gasteiger partial charge in [-0.2, -0.15) is 5.26 Å². The lowest BCUT2D eigenvalue weighted by molar-refractivity contribution is -0.385. The second-order valence-corrected chi connectivity index (χ2v) is 5.01. The Balaban J connectivity index is 2.34. The molecule has 21 heavy (non-hydrogen) atoms. The van der Waals surface area contributed by atoms with Crippen molar-refractivity contribution >= 4 is 28.7 Å². The average molecular weight is 303 g/mol. The third kappa shape index (κ3) is 3.16. The summed E-state index contributed by atoms with van der Waals surface area (Å²) in [5.41, 5.74) is -0.173. The monoisotopic (exact) mass is 303 g/mol. The third-order valence-corrected chi connectivity index (χ3v) is 3.64. The van der Waals surface area contributed by atoms with E-state index in [1.165, 1.54) is 23.5 Å². The SMILES string of the molecule is N#Cc1ccc(NC(C(=O)O)c2cccs2)cc1[N+](=O)[O-]. The number of carboxylic acid groups (broad SMARTS) is 1. The predicted octanol–water partition coefficient (Wildman–Crippen LogP) is 2.77. The van der Waals surface area contributed by atoms with Crippen LogP contribution in [0.15, 0.2) is 35.7 Å². The molecule has 0 bridgehead atoms. The van der Waals surface area contributed by atoms with Crippen LogP contribution in [0.4, 0.5) is 11.4 Å². The van der Waals surface area contributed by atoms with Gasteiger partial charge in [-0.3, -0.25) is 10.1 Å². The molecule has 1 unspecified atom stereocenters. The van der Waals surface area contributed by atoms with Crippen molar-refractivity contribution in [1.29, 1.82) is 5.26 Å². The highest BCUT2D eigenvalue weighted by Crippen LogP contribution is 2.27.